The van der Waals surface area contributed by atoms with Gasteiger partial charge in [-0.2, -0.15) is 0 Å². The van der Waals surface area contributed by atoms with Crippen LogP contribution in [0.4, 0.5) is 5.69 Å². The standard InChI is InChI=1S/C17H17IN2O4/c1-4-13-14(9(3)21)8(2)19-15(13)16(22)20-12-6-10(17(23)24)5-11(18)7-12/h5-7,19H,4H2,1-3H3,(H,20,22)(H,23,24). The van der Waals surface area contributed by atoms with Gasteiger partial charge in [-0.25, -0.2) is 4.79 Å². The largest absolute Gasteiger partial charge is 0.478 e. The zero-order valence-corrected chi connectivity index (χ0v) is 15.6. The summed E-state index contributed by atoms with van der Waals surface area (Å²) < 4.78 is 0.700. The summed E-state index contributed by atoms with van der Waals surface area (Å²) in [6, 6.07) is 4.59. The summed E-state index contributed by atoms with van der Waals surface area (Å²) in [5.41, 5.74) is 2.68. The van der Waals surface area contributed by atoms with Gasteiger partial charge >= 0.3 is 5.97 Å². The van der Waals surface area contributed by atoms with Crippen molar-refractivity contribution >= 4 is 45.9 Å². The molecule has 0 saturated carbocycles. The number of carbonyl (C=O) groups is 3. The number of ketones is 1. The molecule has 1 aromatic carbocycles. The van der Waals surface area contributed by atoms with E-state index in [4.69, 9.17) is 5.11 Å². The minimum Gasteiger partial charge on any atom is -0.478 e. The summed E-state index contributed by atoms with van der Waals surface area (Å²) in [5, 5.41) is 11.8. The highest BCUT2D eigenvalue weighted by molar-refractivity contribution is 14.1. The highest BCUT2D eigenvalue weighted by Gasteiger charge is 2.22. The van der Waals surface area contributed by atoms with Crippen molar-refractivity contribution in [3.63, 3.8) is 0 Å². The highest BCUT2D eigenvalue weighted by Crippen LogP contribution is 2.23. The lowest BCUT2D eigenvalue weighted by atomic mass is 10.0. The molecule has 6 nitrogen and oxygen atoms in total. The normalized spacial score (nSPS) is 10.5. The molecule has 24 heavy (non-hydrogen) atoms. The Bertz CT molecular complexity index is 839. The smallest absolute Gasteiger partial charge is 0.335 e. The molecule has 1 aromatic heterocycles. The molecule has 0 bridgehead atoms. The number of anilines is 1. The van der Waals surface area contributed by atoms with E-state index in [1.807, 2.05) is 29.5 Å². The monoisotopic (exact) mass is 440 g/mol. The van der Waals surface area contributed by atoms with Crippen LogP contribution in [0.25, 0.3) is 0 Å². The Morgan fingerprint density at radius 3 is 2.46 bits per heavy atom. The molecule has 0 radical (unpaired) electrons. The SMILES string of the molecule is CCc1c(C(=O)Nc2cc(I)cc(C(=O)O)c2)[nH]c(C)c1C(C)=O. The number of aryl methyl sites for hydroxylation is 1. The molecule has 2 rings (SSSR count). The fourth-order valence-electron chi connectivity index (χ4n) is 2.68. The molecule has 2 aromatic rings. The van der Waals surface area contributed by atoms with E-state index in [9.17, 15) is 14.4 Å². The Kier molecular flexibility index (Phi) is 5.43. The van der Waals surface area contributed by atoms with E-state index >= 15 is 0 Å². The molecule has 7 heteroatoms. The summed E-state index contributed by atoms with van der Waals surface area (Å²) in [4.78, 5) is 38.4. The van der Waals surface area contributed by atoms with Gasteiger partial charge in [0.2, 0.25) is 0 Å². The average Bonchev–Trinajstić information content (AvgIpc) is 2.83. The van der Waals surface area contributed by atoms with Crippen molar-refractivity contribution < 1.29 is 19.5 Å². The predicted molar refractivity (Wildman–Crippen MR) is 99.0 cm³/mol. The van der Waals surface area contributed by atoms with Crippen LogP contribution in [0.15, 0.2) is 18.2 Å². The van der Waals surface area contributed by atoms with Gasteiger partial charge in [0.25, 0.3) is 5.91 Å². The Balaban J connectivity index is 2.39. The van der Waals surface area contributed by atoms with Crippen molar-refractivity contribution in [3.8, 4) is 0 Å². The molecule has 0 unspecified atom stereocenters. The van der Waals surface area contributed by atoms with Crippen LogP contribution in [0, 0.1) is 10.5 Å². The van der Waals surface area contributed by atoms with E-state index in [0.717, 1.165) is 0 Å². The first kappa shape index (κ1) is 18.2. The third kappa shape index (κ3) is 3.66. The number of carbonyl (C=O) groups excluding carboxylic acids is 2. The van der Waals surface area contributed by atoms with Gasteiger partial charge < -0.3 is 15.4 Å². The van der Waals surface area contributed by atoms with Crippen molar-refractivity contribution in [2.45, 2.75) is 27.2 Å². The maximum absolute atomic E-state index is 12.6. The van der Waals surface area contributed by atoms with E-state index in [2.05, 4.69) is 10.3 Å². The van der Waals surface area contributed by atoms with E-state index in [1.165, 1.54) is 19.1 Å². The first-order valence-corrected chi connectivity index (χ1v) is 8.40. The number of carboxylic acids is 1. The third-order valence-electron chi connectivity index (χ3n) is 3.63. The summed E-state index contributed by atoms with van der Waals surface area (Å²) in [6.07, 6.45) is 0.536. The maximum atomic E-state index is 12.6. The molecular weight excluding hydrogens is 423 g/mol. The minimum atomic E-state index is -1.06. The quantitative estimate of drug-likeness (QED) is 0.489. The van der Waals surface area contributed by atoms with E-state index in [-0.39, 0.29) is 11.3 Å². The Morgan fingerprint density at radius 2 is 1.92 bits per heavy atom. The molecule has 0 aliphatic rings. The second kappa shape index (κ2) is 7.16. The number of aromatic amines is 1. The first-order chi connectivity index (χ1) is 11.2. The number of hydrogen-bond donors (Lipinski definition) is 3. The molecule has 0 spiro atoms. The van der Waals surface area contributed by atoms with Crippen molar-refractivity contribution in [1.29, 1.82) is 0 Å². The van der Waals surface area contributed by atoms with Crippen molar-refractivity contribution in [1.82, 2.24) is 4.98 Å². The molecule has 0 aliphatic carbocycles. The number of nitrogens with one attached hydrogen (secondary N) is 2. The van der Waals surface area contributed by atoms with Gasteiger partial charge in [-0.1, -0.05) is 6.92 Å². The number of hydrogen-bond acceptors (Lipinski definition) is 3. The number of rotatable bonds is 5. The van der Waals surface area contributed by atoms with Crippen LogP contribution < -0.4 is 5.32 Å². The van der Waals surface area contributed by atoms with Crippen LogP contribution in [-0.4, -0.2) is 27.8 Å². The number of carboxylic acid groups (broad SMARTS) is 1. The number of Topliss-reactive ketones (excluding diaryl/α,β-unsaturated/α-hetero) is 1. The number of aromatic nitrogens is 1. The molecule has 0 aliphatic heterocycles. The van der Waals surface area contributed by atoms with Crippen LogP contribution in [0.2, 0.25) is 0 Å². The lowest BCUT2D eigenvalue weighted by molar-refractivity contribution is 0.0696. The van der Waals surface area contributed by atoms with Crippen molar-refractivity contribution in [2.75, 3.05) is 5.32 Å². The van der Waals surface area contributed by atoms with Gasteiger partial charge in [0.1, 0.15) is 5.69 Å². The van der Waals surface area contributed by atoms with Gasteiger partial charge in [0.05, 0.1) is 5.56 Å². The summed E-state index contributed by atoms with van der Waals surface area (Å²) in [5.74, 6) is -1.56. The van der Waals surface area contributed by atoms with Crippen LogP contribution in [0.1, 0.15) is 56.3 Å². The summed E-state index contributed by atoms with van der Waals surface area (Å²) in [7, 11) is 0. The molecular formula is C17H17IN2O4. The van der Waals surface area contributed by atoms with Gasteiger partial charge in [0.15, 0.2) is 5.78 Å². The lowest BCUT2D eigenvalue weighted by Gasteiger charge is -2.08. The van der Waals surface area contributed by atoms with Crippen LogP contribution in [0.5, 0.6) is 0 Å². The first-order valence-electron chi connectivity index (χ1n) is 7.32. The Morgan fingerprint density at radius 1 is 1.25 bits per heavy atom. The van der Waals surface area contributed by atoms with Gasteiger partial charge in [-0.05, 0) is 66.6 Å². The van der Waals surface area contributed by atoms with Gasteiger partial charge in [-0.15, -0.1) is 0 Å². The number of benzene rings is 1. The zero-order valence-electron chi connectivity index (χ0n) is 13.5. The fourth-order valence-corrected chi connectivity index (χ4v) is 3.35. The molecule has 1 heterocycles. The van der Waals surface area contributed by atoms with E-state index < -0.39 is 11.9 Å². The number of amides is 1. The molecule has 1 amide bonds. The topological polar surface area (TPSA) is 99.3 Å². The highest BCUT2D eigenvalue weighted by atomic mass is 127. The van der Waals surface area contributed by atoms with Crippen LogP contribution >= 0.6 is 22.6 Å². The second-order valence-electron chi connectivity index (χ2n) is 5.38. The number of aromatic carboxylic acids is 1. The van der Waals surface area contributed by atoms with Crippen LogP contribution in [0.3, 0.4) is 0 Å². The van der Waals surface area contributed by atoms with Crippen molar-refractivity contribution in [2.24, 2.45) is 0 Å². The summed E-state index contributed by atoms with van der Waals surface area (Å²) >= 11 is 1.99. The summed E-state index contributed by atoms with van der Waals surface area (Å²) in [6.45, 7) is 5.09. The molecule has 126 valence electrons. The zero-order chi connectivity index (χ0) is 18.0. The molecule has 0 fully saturated rings. The molecule has 3 N–H and O–H groups in total. The molecule has 0 atom stereocenters. The Hall–Kier alpha value is -2.16. The van der Waals surface area contributed by atoms with E-state index in [1.54, 1.807) is 13.0 Å². The maximum Gasteiger partial charge on any atom is 0.335 e. The third-order valence-corrected chi connectivity index (χ3v) is 4.25. The van der Waals surface area contributed by atoms with E-state index in [0.29, 0.717) is 38.2 Å². The number of H-pyrrole nitrogens is 1. The second-order valence-corrected chi connectivity index (χ2v) is 6.62. The van der Waals surface area contributed by atoms with Crippen molar-refractivity contribution in [3.05, 3.63) is 49.8 Å². The average molecular weight is 440 g/mol. The lowest BCUT2D eigenvalue weighted by Crippen LogP contribution is -2.15. The Labute approximate surface area is 152 Å². The molecule has 0 saturated heterocycles. The minimum absolute atomic E-state index is 0.0953. The van der Waals surface area contributed by atoms with Gasteiger partial charge in [0, 0.05) is 20.5 Å². The number of halogens is 1. The van der Waals surface area contributed by atoms with Gasteiger partial charge in [-0.3, -0.25) is 9.59 Å². The van der Waals surface area contributed by atoms with Crippen LogP contribution in [-0.2, 0) is 6.42 Å². The fraction of sp³-hybridized carbons (Fsp3) is 0.235. The predicted octanol–water partition coefficient (Wildman–Crippen LogP) is 3.64.